The summed E-state index contributed by atoms with van der Waals surface area (Å²) in [7, 11) is 0. The summed E-state index contributed by atoms with van der Waals surface area (Å²) in [6.07, 6.45) is 2.42. The summed E-state index contributed by atoms with van der Waals surface area (Å²) in [6.45, 7) is 1.15. The third-order valence-corrected chi connectivity index (χ3v) is 3.51. The van der Waals surface area contributed by atoms with Crippen molar-refractivity contribution >= 4 is 33.2 Å². The van der Waals surface area contributed by atoms with Crippen molar-refractivity contribution in [2.24, 2.45) is 0 Å². The lowest BCUT2D eigenvalue weighted by Gasteiger charge is -2.09. The quantitative estimate of drug-likeness (QED) is 0.828. The molecule has 108 valence electrons. The van der Waals surface area contributed by atoms with Gasteiger partial charge in [0.2, 0.25) is 0 Å². The van der Waals surface area contributed by atoms with Gasteiger partial charge < -0.3 is 10.4 Å². The summed E-state index contributed by atoms with van der Waals surface area (Å²) in [5, 5.41) is 20.1. The lowest BCUT2D eigenvalue weighted by Crippen LogP contribution is -2.02. The van der Waals surface area contributed by atoms with Gasteiger partial charge in [-0.25, -0.2) is 4.39 Å². The van der Waals surface area contributed by atoms with E-state index in [2.05, 4.69) is 31.6 Å². The van der Waals surface area contributed by atoms with Crippen LogP contribution in [0.25, 0.3) is 0 Å². The molecule has 0 aliphatic carbocycles. The number of nitrogens with zero attached hydrogens (tertiary/aromatic N) is 3. The highest BCUT2D eigenvalue weighted by Gasteiger charge is 2.09. The number of aliphatic hydroxyl groups is 1. The topological polar surface area (TPSA) is 63.0 Å². The van der Waals surface area contributed by atoms with Crippen LogP contribution >= 0.6 is 27.5 Å². The lowest BCUT2D eigenvalue weighted by atomic mass is 10.3. The summed E-state index contributed by atoms with van der Waals surface area (Å²) in [4.78, 5) is 0. The second-order valence-electron chi connectivity index (χ2n) is 4.15. The summed E-state index contributed by atoms with van der Waals surface area (Å²) in [5.74, 6) is -0.401. The number of aliphatic hydroxyl groups excluding tert-OH is 1. The van der Waals surface area contributed by atoms with Crippen molar-refractivity contribution in [1.29, 1.82) is 0 Å². The monoisotopic (exact) mass is 362 g/mol. The third kappa shape index (κ3) is 3.91. The van der Waals surface area contributed by atoms with E-state index >= 15 is 0 Å². The Balaban J connectivity index is 2.00. The van der Waals surface area contributed by atoms with Gasteiger partial charge in [0, 0.05) is 17.6 Å². The van der Waals surface area contributed by atoms with Crippen molar-refractivity contribution in [1.82, 2.24) is 15.0 Å². The second-order valence-corrected chi connectivity index (χ2v) is 5.41. The highest BCUT2D eigenvalue weighted by Crippen LogP contribution is 2.31. The molecule has 0 amide bonds. The maximum absolute atomic E-state index is 13.1. The van der Waals surface area contributed by atoms with Crippen LogP contribution in [0.2, 0.25) is 5.02 Å². The summed E-state index contributed by atoms with van der Waals surface area (Å²) in [6, 6.07) is 2.58. The molecule has 1 aromatic carbocycles. The van der Waals surface area contributed by atoms with Gasteiger partial charge in [0.25, 0.3) is 0 Å². The highest BCUT2D eigenvalue weighted by molar-refractivity contribution is 9.10. The molecule has 0 aliphatic rings. The molecule has 8 heteroatoms. The standard InChI is InChI=1S/C12H13BrClFN4O/c13-10-4-8(15)5-11(14)12(10)16-6-9-7-19(18-17-9)2-1-3-20/h4-5,7,16,20H,1-3,6H2. The Kier molecular flexibility index (Phi) is 5.33. The minimum Gasteiger partial charge on any atom is -0.396 e. The van der Waals surface area contributed by atoms with Crippen LogP contribution in [-0.2, 0) is 13.1 Å². The summed E-state index contributed by atoms with van der Waals surface area (Å²) in [5.41, 5.74) is 1.34. The molecule has 2 aromatic rings. The number of aryl methyl sites for hydroxylation is 1. The average molecular weight is 364 g/mol. The van der Waals surface area contributed by atoms with Gasteiger partial charge in [0.05, 0.1) is 23.5 Å². The SMILES string of the molecule is OCCCn1cc(CNc2c(Cl)cc(F)cc2Br)nn1. The molecule has 0 saturated heterocycles. The fourth-order valence-corrected chi connectivity index (χ4v) is 2.61. The molecular weight excluding hydrogens is 351 g/mol. The molecule has 2 N–H and O–H groups in total. The zero-order valence-corrected chi connectivity index (χ0v) is 12.8. The van der Waals surface area contributed by atoms with Gasteiger partial charge in [-0.1, -0.05) is 16.8 Å². The Morgan fingerprint density at radius 3 is 2.95 bits per heavy atom. The van der Waals surface area contributed by atoms with Crippen LogP contribution in [0.3, 0.4) is 0 Å². The predicted molar refractivity (Wildman–Crippen MR) is 78.2 cm³/mol. The fraction of sp³-hybridized carbons (Fsp3) is 0.333. The number of halogens is 3. The molecule has 0 spiro atoms. The van der Waals surface area contributed by atoms with Crippen LogP contribution in [0.4, 0.5) is 10.1 Å². The molecule has 0 unspecified atom stereocenters. The second kappa shape index (κ2) is 7.01. The first-order valence-corrected chi connectivity index (χ1v) is 7.15. The zero-order chi connectivity index (χ0) is 14.5. The summed E-state index contributed by atoms with van der Waals surface area (Å²) >= 11 is 9.23. The third-order valence-electron chi connectivity index (χ3n) is 2.58. The normalized spacial score (nSPS) is 10.8. The van der Waals surface area contributed by atoms with Crippen molar-refractivity contribution < 1.29 is 9.50 Å². The van der Waals surface area contributed by atoms with Crippen molar-refractivity contribution in [2.45, 2.75) is 19.5 Å². The molecule has 2 rings (SSSR count). The van der Waals surface area contributed by atoms with E-state index in [4.69, 9.17) is 16.7 Å². The molecule has 0 saturated carbocycles. The number of rotatable bonds is 6. The molecule has 0 radical (unpaired) electrons. The van der Waals surface area contributed by atoms with Crippen LogP contribution in [0, 0.1) is 5.82 Å². The van der Waals surface area contributed by atoms with Crippen molar-refractivity contribution in [3.05, 3.63) is 39.3 Å². The van der Waals surface area contributed by atoms with Crippen LogP contribution < -0.4 is 5.32 Å². The Labute approximate surface area is 128 Å². The molecule has 20 heavy (non-hydrogen) atoms. The first-order chi connectivity index (χ1) is 9.60. The number of benzene rings is 1. The van der Waals surface area contributed by atoms with Crippen LogP contribution in [0.1, 0.15) is 12.1 Å². The van der Waals surface area contributed by atoms with E-state index in [1.54, 1.807) is 10.9 Å². The molecular formula is C12H13BrClFN4O. The minimum absolute atomic E-state index is 0.117. The largest absolute Gasteiger partial charge is 0.396 e. The van der Waals surface area contributed by atoms with E-state index in [1.165, 1.54) is 12.1 Å². The van der Waals surface area contributed by atoms with Crippen molar-refractivity contribution in [3.8, 4) is 0 Å². The van der Waals surface area contributed by atoms with Gasteiger partial charge in [-0.15, -0.1) is 5.10 Å². The first-order valence-electron chi connectivity index (χ1n) is 5.98. The molecule has 0 fully saturated rings. The Hall–Kier alpha value is -1.18. The van der Waals surface area contributed by atoms with Gasteiger partial charge in [0.1, 0.15) is 11.5 Å². The smallest absolute Gasteiger partial charge is 0.125 e. The maximum atomic E-state index is 13.1. The van der Waals surface area contributed by atoms with Gasteiger partial charge in [-0.2, -0.15) is 0 Å². The molecule has 5 nitrogen and oxygen atoms in total. The molecule has 0 bridgehead atoms. The van der Waals surface area contributed by atoms with Crippen LogP contribution in [0.15, 0.2) is 22.8 Å². The van der Waals surface area contributed by atoms with Gasteiger partial charge >= 0.3 is 0 Å². The first kappa shape index (κ1) is 15.2. The van der Waals surface area contributed by atoms with Crippen LogP contribution in [-0.4, -0.2) is 26.7 Å². The Morgan fingerprint density at radius 1 is 1.45 bits per heavy atom. The molecule has 0 aliphatic heterocycles. The average Bonchev–Trinajstić information content (AvgIpc) is 2.83. The maximum Gasteiger partial charge on any atom is 0.125 e. The summed E-state index contributed by atoms with van der Waals surface area (Å²) < 4.78 is 15.3. The zero-order valence-electron chi connectivity index (χ0n) is 10.5. The van der Waals surface area contributed by atoms with Crippen LogP contribution in [0.5, 0.6) is 0 Å². The lowest BCUT2D eigenvalue weighted by molar-refractivity contribution is 0.276. The van der Waals surface area contributed by atoms with Crippen molar-refractivity contribution in [3.63, 3.8) is 0 Å². The van der Waals surface area contributed by atoms with E-state index in [0.717, 1.165) is 5.69 Å². The van der Waals surface area contributed by atoms with Crippen molar-refractivity contribution in [2.75, 3.05) is 11.9 Å². The predicted octanol–water partition coefficient (Wildman–Crippen LogP) is 2.83. The number of nitrogens with one attached hydrogen (secondary N) is 1. The number of hydrogen-bond donors (Lipinski definition) is 2. The number of aromatic nitrogens is 3. The Morgan fingerprint density at radius 2 is 2.25 bits per heavy atom. The van der Waals surface area contributed by atoms with E-state index in [1.807, 2.05) is 0 Å². The molecule has 0 atom stereocenters. The number of anilines is 1. The van der Waals surface area contributed by atoms with Gasteiger partial charge in [0.15, 0.2) is 0 Å². The fourth-order valence-electron chi connectivity index (χ4n) is 1.65. The van der Waals surface area contributed by atoms with E-state index < -0.39 is 5.82 Å². The molecule has 1 heterocycles. The van der Waals surface area contributed by atoms with E-state index in [9.17, 15) is 4.39 Å². The van der Waals surface area contributed by atoms with E-state index in [0.29, 0.717) is 34.7 Å². The number of hydrogen-bond acceptors (Lipinski definition) is 4. The molecule has 1 aromatic heterocycles. The minimum atomic E-state index is -0.401. The highest BCUT2D eigenvalue weighted by atomic mass is 79.9. The Bertz CT molecular complexity index is 570. The van der Waals surface area contributed by atoms with Gasteiger partial charge in [-0.3, -0.25) is 4.68 Å². The van der Waals surface area contributed by atoms with Gasteiger partial charge in [-0.05, 0) is 34.5 Å². The van der Waals surface area contributed by atoms with E-state index in [-0.39, 0.29) is 6.61 Å².